The molecule has 166 valence electrons. The molecule has 0 heterocycles. The number of ether oxygens (including phenoxy) is 2. The minimum Gasteiger partial charge on any atom is -0.480 e. The van der Waals surface area contributed by atoms with Crippen molar-refractivity contribution in [3.8, 4) is 11.1 Å². The zero-order chi connectivity index (χ0) is 22.4. The number of thioether (sulfide) groups is 1. The second-order valence-electron chi connectivity index (χ2n) is 8.40. The van der Waals surface area contributed by atoms with Gasteiger partial charge in [0.25, 0.3) is 0 Å². The molecule has 3 rings (SSSR count). The molecule has 0 spiro atoms. The van der Waals surface area contributed by atoms with E-state index < -0.39 is 18.1 Å². The Balaban J connectivity index is 1.52. The summed E-state index contributed by atoms with van der Waals surface area (Å²) in [5.41, 5.74) is 4.28. The van der Waals surface area contributed by atoms with Crippen LogP contribution in [0.3, 0.4) is 0 Å². The number of benzene rings is 2. The van der Waals surface area contributed by atoms with Crippen LogP contribution in [0, 0.1) is 0 Å². The number of carbonyl (C=O) groups is 2. The van der Waals surface area contributed by atoms with Crippen LogP contribution in [-0.2, 0) is 14.3 Å². The third kappa shape index (κ3) is 6.24. The summed E-state index contributed by atoms with van der Waals surface area (Å²) in [4.78, 5) is 23.9. The number of hydrogen-bond donors (Lipinski definition) is 2. The Morgan fingerprint density at radius 1 is 1.06 bits per heavy atom. The van der Waals surface area contributed by atoms with Crippen molar-refractivity contribution in [1.82, 2.24) is 5.32 Å². The van der Waals surface area contributed by atoms with Gasteiger partial charge >= 0.3 is 12.1 Å². The molecule has 0 saturated heterocycles. The average Bonchev–Trinajstić information content (AvgIpc) is 3.04. The Bertz CT molecular complexity index is 879. The van der Waals surface area contributed by atoms with Crippen LogP contribution < -0.4 is 5.32 Å². The fourth-order valence-corrected chi connectivity index (χ4v) is 4.39. The van der Waals surface area contributed by atoms with Crippen LogP contribution in [0.1, 0.15) is 37.8 Å². The molecule has 1 amide bonds. The standard InChI is InChI=1S/C24H29NO5S/c1-24(2,3)30-12-13-31-15-21(22(26)27)25-23(28)29-14-20-18-10-6-4-8-16(18)17-9-5-7-11-19(17)20/h4-11,20-21H,12-15H2,1-3H3,(H,25,28)(H,26,27). The number of hydrogen-bond acceptors (Lipinski definition) is 5. The van der Waals surface area contributed by atoms with Crippen LogP contribution in [0.2, 0.25) is 0 Å². The molecular weight excluding hydrogens is 414 g/mol. The summed E-state index contributed by atoms with van der Waals surface area (Å²) in [6, 6.07) is 15.1. The average molecular weight is 444 g/mol. The van der Waals surface area contributed by atoms with Crippen molar-refractivity contribution in [2.45, 2.75) is 38.3 Å². The molecule has 2 N–H and O–H groups in total. The normalized spacial score (nSPS) is 13.9. The van der Waals surface area contributed by atoms with Gasteiger partial charge in [0.2, 0.25) is 0 Å². The molecule has 2 aromatic rings. The quantitative estimate of drug-likeness (QED) is 0.554. The maximum atomic E-state index is 12.3. The van der Waals surface area contributed by atoms with Crippen molar-refractivity contribution in [3.05, 3.63) is 59.7 Å². The van der Waals surface area contributed by atoms with Gasteiger partial charge < -0.3 is 19.9 Å². The Morgan fingerprint density at radius 3 is 2.19 bits per heavy atom. The summed E-state index contributed by atoms with van der Waals surface area (Å²) in [6.45, 7) is 6.58. The second kappa shape index (κ2) is 10.2. The number of alkyl carbamates (subject to hydrolysis) is 1. The van der Waals surface area contributed by atoms with E-state index in [1.54, 1.807) is 0 Å². The van der Waals surface area contributed by atoms with E-state index in [2.05, 4.69) is 17.4 Å². The van der Waals surface area contributed by atoms with E-state index in [0.29, 0.717) is 12.4 Å². The monoisotopic (exact) mass is 443 g/mol. The van der Waals surface area contributed by atoms with E-state index >= 15 is 0 Å². The number of nitrogens with one attached hydrogen (secondary N) is 1. The highest BCUT2D eigenvalue weighted by atomic mass is 32.2. The minimum absolute atomic E-state index is 0.0645. The first-order valence-electron chi connectivity index (χ1n) is 10.3. The molecule has 1 aliphatic carbocycles. The molecule has 0 radical (unpaired) electrons. The fraction of sp³-hybridized carbons (Fsp3) is 0.417. The van der Waals surface area contributed by atoms with E-state index in [9.17, 15) is 14.7 Å². The van der Waals surface area contributed by atoms with Gasteiger partial charge in [-0.3, -0.25) is 0 Å². The lowest BCUT2D eigenvalue weighted by Crippen LogP contribution is -2.43. The van der Waals surface area contributed by atoms with E-state index in [1.165, 1.54) is 11.8 Å². The summed E-state index contributed by atoms with van der Waals surface area (Å²) >= 11 is 1.42. The fourth-order valence-electron chi connectivity index (χ4n) is 3.56. The molecule has 1 atom stereocenters. The van der Waals surface area contributed by atoms with Crippen molar-refractivity contribution < 1.29 is 24.2 Å². The molecule has 0 saturated carbocycles. The molecule has 31 heavy (non-hydrogen) atoms. The lowest BCUT2D eigenvalue weighted by atomic mass is 9.98. The largest absolute Gasteiger partial charge is 0.480 e. The number of rotatable bonds is 9. The van der Waals surface area contributed by atoms with Crippen LogP contribution in [0.15, 0.2) is 48.5 Å². The number of carboxylic acids is 1. The van der Waals surface area contributed by atoms with Gasteiger partial charge in [0.1, 0.15) is 12.6 Å². The lowest BCUT2D eigenvalue weighted by Gasteiger charge is -2.20. The van der Waals surface area contributed by atoms with Crippen molar-refractivity contribution in [1.29, 1.82) is 0 Å². The molecule has 0 fully saturated rings. The summed E-state index contributed by atoms with van der Waals surface area (Å²) in [7, 11) is 0. The van der Waals surface area contributed by atoms with Gasteiger partial charge in [-0.25, -0.2) is 9.59 Å². The van der Waals surface area contributed by atoms with Crippen LogP contribution >= 0.6 is 11.8 Å². The molecule has 1 unspecified atom stereocenters. The van der Waals surface area contributed by atoms with Gasteiger partial charge in [0.15, 0.2) is 0 Å². The van der Waals surface area contributed by atoms with Gasteiger partial charge in [-0.2, -0.15) is 11.8 Å². The maximum Gasteiger partial charge on any atom is 0.407 e. The predicted molar refractivity (Wildman–Crippen MR) is 123 cm³/mol. The predicted octanol–water partition coefficient (Wildman–Crippen LogP) is 4.53. The van der Waals surface area contributed by atoms with Gasteiger partial charge in [-0.15, -0.1) is 0 Å². The summed E-state index contributed by atoms with van der Waals surface area (Å²) in [5.74, 6) is -0.261. The summed E-state index contributed by atoms with van der Waals surface area (Å²) in [5, 5.41) is 11.9. The number of carbonyl (C=O) groups excluding carboxylic acids is 1. The van der Waals surface area contributed by atoms with Crippen LogP contribution in [0.5, 0.6) is 0 Å². The first kappa shape index (κ1) is 23.2. The van der Waals surface area contributed by atoms with Crippen molar-refractivity contribution in [2.24, 2.45) is 0 Å². The number of aliphatic carboxylic acids is 1. The zero-order valence-electron chi connectivity index (χ0n) is 18.1. The summed E-state index contributed by atoms with van der Waals surface area (Å²) < 4.78 is 11.1. The third-order valence-electron chi connectivity index (χ3n) is 4.98. The first-order chi connectivity index (χ1) is 14.8. The molecule has 6 nitrogen and oxygen atoms in total. The highest BCUT2D eigenvalue weighted by Gasteiger charge is 2.29. The molecule has 2 aromatic carbocycles. The maximum absolute atomic E-state index is 12.3. The number of amides is 1. The third-order valence-corrected chi connectivity index (χ3v) is 6.01. The van der Waals surface area contributed by atoms with Crippen molar-refractivity contribution in [3.63, 3.8) is 0 Å². The highest BCUT2D eigenvalue weighted by molar-refractivity contribution is 7.99. The topological polar surface area (TPSA) is 84.9 Å². The Kier molecular flexibility index (Phi) is 7.62. The van der Waals surface area contributed by atoms with E-state index in [-0.39, 0.29) is 23.9 Å². The Morgan fingerprint density at radius 2 is 1.65 bits per heavy atom. The molecule has 0 aliphatic heterocycles. The minimum atomic E-state index is -1.09. The molecule has 0 aromatic heterocycles. The van der Waals surface area contributed by atoms with E-state index in [4.69, 9.17) is 9.47 Å². The number of fused-ring (bicyclic) bond motifs is 3. The molecule has 0 bridgehead atoms. The van der Waals surface area contributed by atoms with Crippen LogP contribution in [0.25, 0.3) is 11.1 Å². The van der Waals surface area contributed by atoms with Gasteiger partial charge in [-0.1, -0.05) is 48.5 Å². The second-order valence-corrected chi connectivity index (χ2v) is 9.55. The number of carboxylic acid groups (broad SMARTS) is 1. The van der Waals surface area contributed by atoms with Crippen molar-refractivity contribution in [2.75, 3.05) is 24.7 Å². The highest BCUT2D eigenvalue weighted by Crippen LogP contribution is 2.44. The molecule has 1 aliphatic rings. The van der Waals surface area contributed by atoms with Crippen LogP contribution in [0.4, 0.5) is 4.79 Å². The zero-order valence-corrected chi connectivity index (χ0v) is 18.9. The smallest absolute Gasteiger partial charge is 0.407 e. The van der Waals surface area contributed by atoms with Gasteiger partial charge in [-0.05, 0) is 43.0 Å². The van der Waals surface area contributed by atoms with Crippen molar-refractivity contribution >= 4 is 23.8 Å². The first-order valence-corrected chi connectivity index (χ1v) is 11.5. The lowest BCUT2D eigenvalue weighted by molar-refractivity contribution is -0.138. The van der Waals surface area contributed by atoms with Gasteiger partial charge in [0, 0.05) is 17.4 Å². The molecule has 7 heteroatoms. The Labute approximate surface area is 187 Å². The molecular formula is C24H29NO5S. The SMILES string of the molecule is CC(C)(C)OCCSCC(NC(=O)OCC1c2ccccc2-c2ccccc21)C(=O)O. The van der Waals surface area contributed by atoms with E-state index in [1.807, 2.05) is 57.2 Å². The van der Waals surface area contributed by atoms with Gasteiger partial charge in [0.05, 0.1) is 12.2 Å². The summed E-state index contributed by atoms with van der Waals surface area (Å²) in [6.07, 6.45) is -0.721. The van der Waals surface area contributed by atoms with Crippen LogP contribution in [-0.4, -0.2) is 53.5 Å². The Hall–Kier alpha value is -2.51. The van der Waals surface area contributed by atoms with E-state index in [0.717, 1.165) is 22.3 Å².